The molecule has 0 aliphatic rings. The van der Waals surface area contributed by atoms with Crippen molar-refractivity contribution in [2.24, 2.45) is 0 Å². The van der Waals surface area contributed by atoms with Gasteiger partial charge in [-0.2, -0.15) is 0 Å². The number of ether oxygens (including phenoxy) is 1. The minimum absolute atomic E-state index is 0.0528. The molecule has 1 aromatic carbocycles. The minimum atomic E-state index is -3.79. The largest absolute Gasteiger partial charge is 0.497 e. The molecule has 0 heterocycles. The highest BCUT2D eigenvalue weighted by atomic mass is 32.2. The van der Waals surface area contributed by atoms with Gasteiger partial charge in [-0.05, 0) is 24.3 Å². The lowest BCUT2D eigenvalue weighted by Crippen LogP contribution is -2.28. The summed E-state index contributed by atoms with van der Waals surface area (Å²) in [6.07, 6.45) is 0. The summed E-state index contributed by atoms with van der Waals surface area (Å²) in [6, 6.07) is 5.88. The Morgan fingerprint density at radius 3 is 1.88 bits per heavy atom. The standard InChI is InChI=1S/C9H13NO5S/c1-13-8-4-6-9(7-5-8)16(11,12)10(14-2)15-3/h4-7H,1-3H3. The Bertz CT molecular complexity index is 424. The van der Waals surface area contributed by atoms with Crippen LogP contribution >= 0.6 is 0 Å². The van der Waals surface area contributed by atoms with E-state index in [9.17, 15) is 8.42 Å². The fourth-order valence-corrected chi connectivity index (χ4v) is 2.15. The van der Waals surface area contributed by atoms with Crippen molar-refractivity contribution >= 4 is 10.0 Å². The average molecular weight is 247 g/mol. The fraction of sp³-hybridized carbons (Fsp3) is 0.333. The van der Waals surface area contributed by atoms with Crippen molar-refractivity contribution in [2.75, 3.05) is 21.3 Å². The van der Waals surface area contributed by atoms with E-state index in [1.54, 1.807) is 0 Å². The Hall–Kier alpha value is -1.15. The third-order valence-corrected chi connectivity index (χ3v) is 3.41. The van der Waals surface area contributed by atoms with Gasteiger partial charge in [0.25, 0.3) is 10.0 Å². The van der Waals surface area contributed by atoms with E-state index in [1.807, 2.05) is 0 Å². The van der Waals surface area contributed by atoms with Gasteiger partial charge in [0.05, 0.1) is 30.9 Å². The molecule has 16 heavy (non-hydrogen) atoms. The molecule has 90 valence electrons. The molecule has 7 heteroatoms. The SMILES string of the molecule is COc1ccc(S(=O)(=O)N(OC)OC)cc1. The van der Waals surface area contributed by atoms with Crippen LogP contribution in [0.3, 0.4) is 0 Å². The van der Waals surface area contributed by atoms with Crippen molar-refractivity contribution in [1.29, 1.82) is 0 Å². The van der Waals surface area contributed by atoms with Crippen LogP contribution in [0, 0.1) is 0 Å². The highest BCUT2D eigenvalue weighted by Gasteiger charge is 2.24. The van der Waals surface area contributed by atoms with Crippen LogP contribution in [0.5, 0.6) is 5.75 Å². The first kappa shape index (κ1) is 12.9. The molecule has 0 amide bonds. The zero-order valence-electron chi connectivity index (χ0n) is 9.21. The second-order valence-corrected chi connectivity index (χ2v) is 4.46. The molecule has 0 unspecified atom stereocenters. The fourth-order valence-electron chi connectivity index (χ4n) is 1.10. The summed E-state index contributed by atoms with van der Waals surface area (Å²) in [5, 5.41) is 0. The Labute approximate surface area is 94.3 Å². The first-order chi connectivity index (χ1) is 7.56. The smallest absolute Gasteiger partial charge is 0.288 e. The molecule has 1 rings (SSSR count). The zero-order valence-corrected chi connectivity index (χ0v) is 10.0. The summed E-state index contributed by atoms with van der Waals surface area (Å²) in [5.41, 5.74) is 0. The highest BCUT2D eigenvalue weighted by Crippen LogP contribution is 2.19. The predicted molar refractivity (Wildman–Crippen MR) is 56.0 cm³/mol. The molecular formula is C9H13NO5S. The van der Waals surface area contributed by atoms with E-state index in [2.05, 4.69) is 9.68 Å². The molecule has 0 atom stereocenters. The third-order valence-electron chi connectivity index (χ3n) is 1.85. The summed E-state index contributed by atoms with van der Waals surface area (Å²) >= 11 is 0. The van der Waals surface area contributed by atoms with E-state index >= 15 is 0 Å². The maximum absolute atomic E-state index is 11.8. The molecule has 0 radical (unpaired) electrons. The van der Waals surface area contributed by atoms with Gasteiger partial charge in [-0.15, -0.1) is 0 Å². The molecule has 1 aromatic rings. The van der Waals surface area contributed by atoms with Crippen molar-refractivity contribution in [3.8, 4) is 5.75 Å². The van der Waals surface area contributed by atoms with Gasteiger partial charge < -0.3 is 4.74 Å². The number of rotatable bonds is 5. The lowest BCUT2D eigenvalue weighted by Gasteiger charge is -2.15. The van der Waals surface area contributed by atoms with Gasteiger partial charge in [-0.3, -0.25) is 9.68 Å². The van der Waals surface area contributed by atoms with Gasteiger partial charge in [-0.1, -0.05) is 0 Å². The van der Waals surface area contributed by atoms with Crippen LogP contribution in [0.15, 0.2) is 29.2 Å². The van der Waals surface area contributed by atoms with Crippen LogP contribution in [0.25, 0.3) is 0 Å². The molecule has 0 saturated heterocycles. The van der Waals surface area contributed by atoms with E-state index in [0.717, 1.165) is 0 Å². The van der Waals surface area contributed by atoms with Gasteiger partial charge in [0, 0.05) is 0 Å². The second-order valence-electron chi connectivity index (χ2n) is 2.74. The first-order valence-corrected chi connectivity index (χ1v) is 5.78. The van der Waals surface area contributed by atoms with Crippen LogP contribution in [-0.4, -0.2) is 34.4 Å². The second kappa shape index (κ2) is 5.26. The number of nitrogens with zero attached hydrogens (tertiary/aromatic N) is 1. The van der Waals surface area contributed by atoms with E-state index in [-0.39, 0.29) is 4.90 Å². The number of sulfonamides is 1. The van der Waals surface area contributed by atoms with Crippen molar-refractivity contribution in [3.05, 3.63) is 24.3 Å². The molecule has 0 N–H and O–H groups in total. The van der Waals surface area contributed by atoms with Crippen LogP contribution in [-0.2, 0) is 19.7 Å². The molecular weight excluding hydrogens is 234 g/mol. The Kier molecular flexibility index (Phi) is 4.25. The Morgan fingerprint density at radius 1 is 1.00 bits per heavy atom. The third kappa shape index (κ3) is 2.50. The van der Waals surface area contributed by atoms with Gasteiger partial charge in [-0.25, -0.2) is 8.42 Å². The molecule has 0 fully saturated rings. The Morgan fingerprint density at radius 2 is 1.50 bits per heavy atom. The minimum Gasteiger partial charge on any atom is -0.497 e. The van der Waals surface area contributed by atoms with Crippen LogP contribution < -0.4 is 4.74 Å². The first-order valence-electron chi connectivity index (χ1n) is 4.34. The van der Waals surface area contributed by atoms with Gasteiger partial charge in [0.15, 0.2) is 0 Å². The zero-order chi connectivity index (χ0) is 12.2. The molecule has 0 saturated carbocycles. The van der Waals surface area contributed by atoms with E-state index in [1.165, 1.54) is 45.6 Å². The van der Waals surface area contributed by atoms with Gasteiger partial charge in [0.2, 0.25) is 0 Å². The molecule has 0 spiro atoms. The summed E-state index contributed by atoms with van der Waals surface area (Å²) < 4.78 is 29.0. The number of methoxy groups -OCH3 is 1. The van der Waals surface area contributed by atoms with Crippen molar-refractivity contribution in [2.45, 2.75) is 4.90 Å². The van der Waals surface area contributed by atoms with Gasteiger partial charge in [0.1, 0.15) is 5.75 Å². The lowest BCUT2D eigenvalue weighted by molar-refractivity contribution is -0.270. The normalized spacial score (nSPS) is 11.8. The predicted octanol–water partition coefficient (Wildman–Crippen LogP) is 0.809. The molecule has 0 aromatic heterocycles. The summed E-state index contributed by atoms with van der Waals surface area (Å²) in [5.74, 6) is 0.570. The van der Waals surface area contributed by atoms with Crippen molar-refractivity contribution in [1.82, 2.24) is 4.63 Å². The van der Waals surface area contributed by atoms with E-state index < -0.39 is 10.0 Å². The maximum Gasteiger partial charge on any atom is 0.288 e. The summed E-state index contributed by atoms with van der Waals surface area (Å²) in [6.45, 7) is 0. The number of benzene rings is 1. The summed E-state index contributed by atoms with van der Waals surface area (Å²) in [7, 11) is 0.105. The van der Waals surface area contributed by atoms with Crippen LogP contribution in [0.2, 0.25) is 0 Å². The average Bonchev–Trinajstić information content (AvgIpc) is 2.30. The molecule has 0 bridgehead atoms. The van der Waals surface area contributed by atoms with Gasteiger partial charge >= 0.3 is 0 Å². The van der Waals surface area contributed by atoms with E-state index in [4.69, 9.17) is 4.74 Å². The molecule has 6 nitrogen and oxygen atoms in total. The van der Waals surface area contributed by atoms with E-state index in [0.29, 0.717) is 10.4 Å². The number of hydrogen-bond acceptors (Lipinski definition) is 5. The number of hydrogen-bond donors (Lipinski definition) is 0. The monoisotopic (exact) mass is 247 g/mol. The van der Waals surface area contributed by atoms with Crippen LogP contribution in [0.4, 0.5) is 0 Å². The van der Waals surface area contributed by atoms with Crippen molar-refractivity contribution in [3.63, 3.8) is 0 Å². The summed E-state index contributed by atoms with van der Waals surface area (Å²) in [4.78, 5) is 9.19. The maximum atomic E-state index is 11.8. The highest BCUT2D eigenvalue weighted by molar-refractivity contribution is 7.88. The quantitative estimate of drug-likeness (QED) is 0.720. The Balaban J connectivity index is 3.07. The lowest BCUT2D eigenvalue weighted by atomic mass is 10.3. The topological polar surface area (TPSA) is 65.1 Å². The van der Waals surface area contributed by atoms with Crippen molar-refractivity contribution < 1.29 is 22.8 Å². The molecule has 0 aliphatic carbocycles. The molecule has 0 aliphatic heterocycles. The van der Waals surface area contributed by atoms with Crippen LogP contribution in [0.1, 0.15) is 0 Å².